The van der Waals surface area contributed by atoms with E-state index in [9.17, 15) is 27.2 Å². The first-order valence-electron chi connectivity index (χ1n) is 9.66. The standard InChI is InChI=1S/C19H27FN4O5S/c1-21-19(27)16-5-3-12-24(16)18(26)13-22-17(25)6-4-11-23(2)30(28,29)15-9-7-14(20)8-10-15/h7-10,16H,3-6,11-13H2,1-2H3,(H,21,27)(H,22,25). The zero-order valence-corrected chi connectivity index (χ0v) is 17.9. The lowest BCUT2D eigenvalue weighted by Gasteiger charge is -2.23. The Labute approximate surface area is 175 Å². The fourth-order valence-electron chi connectivity index (χ4n) is 3.24. The van der Waals surface area contributed by atoms with Crippen molar-refractivity contribution in [2.24, 2.45) is 0 Å². The van der Waals surface area contributed by atoms with Crippen LogP contribution in [0.5, 0.6) is 0 Å². The number of hydrogen-bond donors (Lipinski definition) is 2. The molecule has 1 aromatic carbocycles. The Morgan fingerprint density at radius 1 is 1.23 bits per heavy atom. The second-order valence-electron chi connectivity index (χ2n) is 7.02. The number of nitrogens with one attached hydrogen (secondary N) is 2. The van der Waals surface area contributed by atoms with Gasteiger partial charge in [-0.3, -0.25) is 14.4 Å². The summed E-state index contributed by atoms with van der Waals surface area (Å²) in [7, 11) is -0.877. The lowest BCUT2D eigenvalue weighted by atomic mass is 10.2. The van der Waals surface area contributed by atoms with Crippen LogP contribution in [0.2, 0.25) is 0 Å². The third-order valence-electron chi connectivity index (χ3n) is 4.96. The highest BCUT2D eigenvalue weighted by atomic mass is 32.2. The summed E-state index contributed by atoms with van der Waals surface area (Å²) >= 11 is 0. The van der Waals surface area contributed by atoms with Crippen LogP contribution in [0.1, 0.15) is 25.7 Å². The first-order chi connectivity index (χ1) is 14.2. The fourth-order valence-corrected chi connectivity index (χ4v) is 4.45. The van der Waals surface area contributed by atoms with Crippen LogP contribution in [0.4, 0.5) is 4.39 Å². The molecule has 1 aromatic rings. The van der Waals surface area contributed by atoms with Crippen LogP contribution in [0.25, 0.3) is 0 Å². The van der Waals surface area contributed by atoms with Crippen LogP contribution in [0.3, 0.4) is 0 Å². The predicted molar refractivity (Wildman–Crippen MR) is 107 cm³/mol. The topological polar surface area (TPSA) is 116 Å². The van der Waals surface area contributed by atoms with Crippen LogP contribution in [0, 0.1) is 5.82 Å². The Balaban J connectivity index is 1.76. The number of rotatable bonds is 9. The molecule has 9 nitrogen and oxygen atoms in total. The normalized spacial score (nSPS) is 16.5. The molecule has 0 bridgehead atoms. The van der Waals surface area contributed by atoms with Crippen molar-refractivity contribution in [3.05, 3.63) is 30.1 Å². The lowest BCUT2D eigenvalue weighted by Crippen LogP contribution is -2.48. The molecule has 0 aromatic heterocycles. The Kier molecular flexibility index (Phi) is 8.30. The highest BCUT2D eigenvalue weighted by Crippen LogP contribution is 2.17. The van der Waals surface area contributed by atoms with E-state index < -0.39 is 21.9 Å². The molecule has 1 aliphatic heterocycles. The number of likely N-dealkylation sites (N-methyl/N-ethyl adjacent to an activating group) is 1. The van der Waals surface area contributed by atoms with Gasteiger partial charge in [-0.05, 0) is 43.5 Å². The molecule has 0 radical (unpaired) electrons. The molecule has 0 aliphatic carbocycles. The number of likely N-dealkylation sites (tertiary alicyclic amines) is 1. The average Bonchev–Trinajstić information content (AvgIpc) is 3.21. The molecule has 0 saturated carbocycles. The minimum Gasteiger partial charge on any atom is -0.357 e. The summed E-state index contributed by atoms with van der Waals surface area (Å²) < 4.78 is 38.9. The van der Waals surface area contributed by atoms with Crippen LogP contribution in [-0.4, -0.2) is 75.1 Å². The van der Waals surface area contributed by atoms with Gasteiger partial charge >= 0.3 is 0 Å². The zero-order valence-electron chi connectivity index (χ0n) is 17.1. The van der Waals surface area contributed by atoms with Gasteiger partial charge in [0.15, 0.2) is 0 Å². The van der Waals surface area contributed by atoms with Gasteiger partial charge in [0.2, 0.25) is 27.7 Å². The van der Waals surface area contributed by atoms with Crippen LogP contribution in [-0.2, 0) is 24.4 Å². The van der Waals surface area contributed by atoms with Gasteiger partial charge in [-0.15, -0.1) is 0 Å². The first kappa shape index (κ1) is 23.7. The highest BCUT2D eigenvalue weighted by molar-refractivity contribution is 7.89. The van der Waals surface area contributed by atoms with Crippen molar-refractivity contribution < 1.29 is 27.2 Å². The molecule has 1 atom stereocenters. The van der Waals surface area contributed by atoms with E-state index in [2.05, 4.69) is 10.6 Å². The maximum absolute atomic E-state index is 13.0. The second-order valence-corrected chi connectivity index (χ2v) is 9.07. The van der Waals surface area contributed by atoms with E-state index in [0.29, 0.717) is 13.0 Å². The molecule has 2 rings (SSSR count). The Morgan fingerprint density at radius 2 is 1.90 bits per heavy atom. The average molecular weight is 443 g/mol. The number of hydrogen-bond acceptors (Lipinski definition) is 5. The summed E-state index contributed by atoms with van der Waals surface area (Å²) in [5.74, 6) is -1.46. The maximum atomic E-state index is 13.0. The monoisotopic (exact) mass is 442 g/mol. The van der Waals surface area contributed by atoms with Gasteiger partial charge in [-0.25, -0.2) is 17.1 Å². The van der Waals surface area contributed by atoms with E-state index in [4.69, 9.17) is 0 Å². The number of nitrogens with zero attached hydrogens (tertiary/aromatic N) is 2. The number of sulfonamides is 1. The zero-order chi connectivity index (χ0) is 22.3. The van der Waals surface area contributed by atoms with Gasteiger partial charge in [0.25, 0.3) is 0 Å². The summed E-state index contributed by atoms with van der Waals surface area (Å²) in [6.45, 7) is 0.348. The summed E-state index contributed by atoms with van der Waals surface area (Å²) in [4.78, 5) is 37.5. The number of benzene rings is 1. The molecule has 1 heterocycles. The van der Waals surface area contributed by atoms with E-state index in [0.717, 1.165) is 22.9 Å². The minimum absolute atomic E-state index is 0.0299. The van der Waals surface area contributed by atoms with Gasteiger partial charge < -0.3 is 15.5 Å². The van der Waals surface area contributed by atoms with Gasteiger partial charge in [0.05, 0.1) is 11.4 Å². The van der Waals surface area contributed by atoms with Crippen molar-refractivity contribution in [2.75, 3.05) is 33.7 Å². The molecule has 1 saturated heterocycles. The fraction of sp³-hybridized carbons (Fsp3) is 0.526. The molecule has 30 heavy (non-hydrogen) atoms. The summed E-state index contributed by atoms with van der Waals surface area (Å²) in [5, 5.41) is 5.05. The molecule has 11 heteroatoms. The maximum Gasteiger partial charge on any atom is 0.242 e. The van der Waals surface area contributed by atoms with Crippen LogP contribution < -0.4 is 10.6 Å². The molecule has 2 N–H and O–H groups in total. The summed E-state index contributed by atoms with van der Waals surface area (Å²) in [6, 6.07) is 4.00. The van der Waals surface area contributed by atoms with Crippen molar-refractivity contribution >= 4 is 27.7 Å². The Hall–Kier alpha value is -2.53. The predicted octanol–water partition coefficient (Wildman–Crippen LogP) is 0.0796. The van der Waals surface area contributed by atoms with E-state index in [-0.39, 0.29) is 48.5 Å². The van der Waals surface area contributed by atoms with Gasteiger partial charge in [-0.1, -0.05) is 0 Å². The van der Waals surface area contributed by atoms with Gasteiger partial charge in [0, 0.05) is 33.6 Å². The lowest BCUT2D eigenvalue weighted by molar-refractivity contribution is -0.138. The molecule has 3 amide bonds. The van der Waals surface area contributed by atoms with Crippen molar-refractivity contribution in [3.63, 3.8) is 0 Å². The molecule has 0 spiro atoms. The third-order valence-corrected chi connectivity index (χ3v) is 6.83. The summed E-state index contributed by atoms with van der Waals surface area (Å²) in [5.41, 5.74) is 0. The molecule has 166 valence electrons. The number of carbonyl (C=O) groups is 3. The molecular formula is C19H27FN4O5S. The smallest absolute Gasteiger partial charge is 0.242 e. The van der Waals surface area contributed by atoms with E-state index >= 15 is 0 Å². The van der Waals surface area contributed by atoms with E-state index in [1.165, 1.54) is 31.1 Å². The van der Waals surface area contributed by atoms with Gasteiger partial charge in [0.1, 0.15) is 11.9 Å². The molecular weight excluding hydrogens is 415 g/mol. The molecule has 1 aliphatic rings. The van der Waals surface area contributed by atoms with Crippen molar-refractivity contribution in [1.29, 1.82) is 0 Å². The quantitative estimate of drug-likeness (QED) is 0.562. The minimum atomic E-state index is -3.77. The largest absolute Gasteiger partial charge is 0.357 e. The Bertz CT molecular complexity index is 875. The number of amides is 3. The SMILES string of the molecule is CNC(=O)C1CCCN1C(=O)CNC(=O)CCCN(C)S(=O)(=O)c1ccc(F)cc1. The number of halogens is 1. The summed E-state index contributed by atoms with van der Waals surface area (Å²) in [6.07, 6.45) is 1.61. The van der Waals surface area contributed by atoms with Gasteiger partial charge in [-0.2, -0.15) is 0 Å². The van der Waals surface area contributed by atoms with Crippen LogP contribution in [0.15, 0.2) is 29.2 Å². The highest BCUT2D eigenvalue weighted by Gasteiger charge is 2.33. The van der Waals surface area contributed by atoms with Crippen molar-refractivity contribution in [3.8, 4) is 0 Å². The Morgan fingerprint density at radius 3 is 2.53 bits per heavy atom. The van der Waals surface area contributed by atoms with E-state index in [1.54, 1.807) is 0 Å². The molecule has 1 unspecified atom stereocenters. The number of carbonyl (C=O) groups excluding carboxylic acids is 3. The molecule has 1 fully saturated rings. The first-order valence-corrected chi connectivity index (χ1v) is 11.1. The van der Waals surface area contributed by atoms with E-state index in [1.807, 2.05) is 0 Å². The second kappa shape index (κ2) is 10.5. The van der Waals surface area contributed by atoms with Crippen molar-refractivity contribution in [2.45, 2.75) is 36.6 Å². The van der Waals surface area contributed by atoms with Crippen LogP contribution >= 0.6 is 0 Å². The van der Waals surface area contributed by atoms with Crippen molar-refractivity contribution in [1.82, 2.24) is 19.8 Å². The third kappa shape index (κ3) is 5.99.